The highest BCUT2D eigenvalue weighted by Gasteiger charge is 2.49. The Kier molecular flexibility index (Phi) is 5.26. The summed E-state index contributed by atoms with van der Waals surface area (Å²) in [7, 11) is 0. The van der Waals surface area contributed by atoms with E-state index in [1.54, 1.807) is 12.1 Å². The number of rotatable bonds is 8. The molecular formula is C21H23NO4. The van der Waals surface area contributed by atoms with Crippen molar-refractivity contribution in [2.45, 2.75) is 32.2 Å². The topological polar surface area (TPSA) is 75.6 Å². The fourth-order valence-electron chi connectivity index (χ4n) is 3.05. The van der Waals surface area contributed by atoms with Crippen LogP contribution in [0.5, 0.6) is 5.75 Å². The number of carboxylic acids is 1. The molecule has 0 bridgehead atoms. The highest BCUT2D eigenvalue weighted by atomic mass is 16.5. The van der Waals surface area contributed by atoms with Crippen molar-refractivity contribution in [3.05, 3.63) is 65.7 Å². The molecule has 5 nitrogen and oxygen atoms in total. The number of carboxylic acid groups (broad SMARTS) is 1. The molecule has 0 aromatic heterocycles. The number of ether oxygens (including phenoxy) is 1. The van der Waals surface area contributed by atoms with E-state index in [2.05, 4.69) is 17.4 Å². The van der Waals surface area contributed by atoms with Crippen molar-refractivity contribution in [2.75, 3.05) is 6.61 Å². The number of nitrogens with one attached hydrogen (secondary N) is 1. The summed E-state index contributed by atoms with van der Waals surface area (Å²) in [6.07, 6.45) is 2.61. The molecule has 1 aliphatic rings. The summed E-state index contributed by atoms with van der Waals surface area (Å²) in [6, 6.07) is 17.1. The summed E-state index contributed by atoms with van der Waals surface area (Å²) < 4.78 is 5.13. The Bertz CT molecular complexity index is 766. The van der Waals surface area contributed by atoms with Gasteiger partial charge in [0, 0.05) is 0 Å². The van der Waals surface area contributed by atoms with Crippen molar-refractivity contribution in [1.82, 2.24) is 5.32 Å². The molecule has 5 heteroatoms. The van der Waals surface area contributed by atoms with Gasteiger partial charge in [0.2, 0.25) is 5.91 Å². The number of carbonyl (C=O) groups is 2. The summed E-state index contributed by atoms with van der Waals surface area (Å²) in [4.78, 5) is 23.3. The Balaban J connectivity index is 1.58. The van der Waals surface area contributed by atoms with Gasteiger partial charge in [0.05, 0.1) is 11.5 Å². The van der Waals surface area contributed by atoms with E-state index in [0.717, 1.165) is 24.8 Å². The van der Waals surface area contributed by atoms with Crippen LogP contribution in [-0.2, 0) is 16.0 Å². The van der Waals surface area contributed by atoms with E-state index in [1.165, 1.54) is 5.56 Å². The summed E-state index contributed by atoms with van der Waals surface area (Å²) in [5.41, 5.74) is 1.87. The Morgan fingerprint density at radius 3 is 2.35 bits per heavy atom. The number of aliphatic carboxylic acids is 1. The molecule has 0 heterocycles. The summed E-state index contributed by atoms with van der Waals surface area (Å²) >= 11 is 0. The average Bonchev–Trinajstić information content (AvgIpc) is 3.42. The van der Waals surface area contributed by atoms with Crippen molar-refractivity contribution in [2.24, 2.45) is 5.41 Å². The van der Waals surface area contributed by atoms with Gasteiger partial charge in [0.15, 0.2) is 6.61 Å². The number of benzene rings is 2. The first-order chi connectivity index (χ1) is 12.5. The maximum Gasteiger partial charge on any atom is 0.341 e. The van der Waals surface area contributed by atoms with Crippen LogP contribution in [0.4, 0.5) is 0 Å². The van der Waals surface area contributed by atoms with Gasteiger partial charge in [-0.2, -0.15) is 0 Å². The maximum absolute atomic E-state index is 12.8. The van der Waals surface area contributed by atoms with Crippen molar-refractivity contribution in [3.63, 3.8) is 0 Å². The number of hydrogen-bond acceptors (Lipinski definition) is 3. The van der Waals surface area contributed by atoms with E-state index in [9.17, 15) is 9.59 Å². The largest absolute Gasteiger partial charge is 0.482 e. The molecule has 136 valence electrons. The van der Waals surface area contributed by atoms with Crippen molar-refractivity contribution >= 4 is 11.9 Å². The van der Waals surface area contributed by atoms with E-state index < -0.39 is 5.97 Å². The third kappa shape index (κ3) is 4.42. The molecule has 1 atom stereocenters. The highest BCUT2D eigenvalue weighted by molar-refractivity contribution is 5.86. The summed E-state index contributed by atoms with van der Waals surface area (Å²) in [6.45, 7) is 1.58. The lowest BCUT2D eigenvalue weighted by atomic mass is 9.95. The van der Waals surface area contributed by atoms with Crippen LogP contribution in [0.15, 0.2) is 54.6 Å². The second kappa shape index (κ2) is 7.60. The summed E-state index contributed by atoms with van der Waals surface area (Å²) in [5.74, 6) is -0.416. The third-order valence-electron chi connectivity index (χ3n) is 4.81. The normalized spacial score (nSPS) is 15.7. The number of carbonyl (C=O) groups excluding carboxylic acids is 1. The van der Waals surface area contributed by atoms with E-state index in [-0.39, 0.29) is 24.0 Å². The van der Waals surface area contributed by atoms with Crippen LogP contribution in [-0.4, -0.2) is 23.6 Å². The molecule has 3 rings (SSSR count). The Morgan fingerprint density at radius 2 is 1.77 bits per heavy atom. The average molecular weight is 353 g/mol. The van der Waals surface area contributed by atoms with Crippen LogP contribution in [0.3, 0.4) is 0 Å². The minimum atomic E-state index is -1.01. The molecule has 1 aliphatic carbocycles. The number of hydrogen-bond donors (Lipinski definition) is 2. The van der Waals surface area contributed by atoms with Gasteiger partial charge >= 0.3 is 5.97 Å². The lowest BCUT2D eigenvalue weighted by molar-refractivity contribution is -0.139. The first-order valence-electron chi connectivity index (χ1n) is 8.78. The van der Waals surface area contributed by atoms with Crippen LogP contribution >= 0.6 is 0 Å². The SMILES string of the molecule is CC(NC(=O)C1(Cc2ccccc2)CC1)c1ccc(OCC(=O)O)cc1. The first-order valence-corrected chi connectivity index (χ1v) is 8.78. The van der Waals surface area contributed by atoms with Gasteiger partial charge in [-0.1, -0.05) is 42.5 Å². The van der Waals surface area contributed by atoms with Crippen LogP contribution in [0.1, 0.15) is 36.9 Å². The van der Waals surface area contributed by atoms with Crippen LogP contribution in [0, 0.1) is 5.41 Å². The zero-order valence-electron chi connectivity index (χ0n) is 14.8. The fourth-order valence-corrected chi connectivity index (χ4v) is 3.05. The molecule has 2 aromatic rings. The molecule has 1 amide bonds. The minimum Gasteiger partial charge on any atom is -0.482 e. The van der Waals surface area contributed by atoms with Gasteiger partial charge in [0.25, 0.3) is 0 Å². The van der Waals surface area contributed by atoms with E-state index in [1.807, 2.05) is 37.3 Å². The first kappa shape index (κ1) is 18.0. The zero-order valence-corrected chi connectivity index (χ0v) is 14.8. The Hall–Kier alpha value is -2.82. The maximum atomic E-state index is 12.8. The molecule has 1 fully saturated rings. The number of amides is 1. The van der Waals surface area contributed by atoms with Crippen molar-refractivity contribution in [1.29, 1.82) is 0 Å². The van der Waals surface area contributed by atoms with Gasteiger partial charge in [-0.15, -0.1) is 0 Å². The monoisotopic (exact) mass is 353 g/mol. The molecule has 2 aromatic carbocycles. The van der Waals surface area contributed by atoms with Crippen LogP contribution < -0.4 is 10.1 Å². The predicted octanol–water partition coefficient (Wildman–Crippen LogP) is 3.35. The quantitative estimate of drug-likeness (QED) is 0.763. The zero-order chi connectivity index (χ0) is 18.6. The molecule has 1 unspecified atom stereocenters. The molecule has 0 spiro atoms. The molecule has 1 saturated carbocycles. The molecule has 2 N–H and O–H groups in total. The predicted molar refractivity (Wildman–Crippen MR) is 97.9 cm³/mol. The molecule has 26 heavy (non-hydrogen) atoms. The minimum absolute atomic E-state index is 0.0973. The second-order valence-electron chi connectivity index (χ2n) is 6.89. The molecular weight excluding hydrogens is 330 g/mol. The van der Waals surface area contributed by atoms with Gasteiger partial charge in [-0.05, 0) is 49.4 Å². The standard InChI is InChI=1S/C21H23NO4/c1-15(17-7-9-18(10-8-17)26-14-19(23)24)22-20(25)21(11-12-21)13-16-5-3-2-4-6-16/h2-10,15H,11-14H2,1H3,(H,22,25)(H,23,24). The Morgan fingerprint density at radius 1 is 1.12 bits per heavy atom. The fraction of sp³-hybridized carbons (Fsp3) is 0.333. The molecule has 0 saturated heterocycles. The van der Waals surface area contributed by atoms with Gasteiger partial charge in [-0.3, -0.25) is 4.79 Å². The van der Waals surface area contributed by atoms with Crippen molar-refractivity contribution < 1.29 is 19.4 Å². The Labute approximate surface area is 153 Å². The lowest BCUT2D eigenvalue weighted by Gasteiger charge is -2.20. The van der Waals surface area contributed by atoms with E-state index in [0.29, 0.717) is 5.75 Å². The van der Waals surface area contributed by atoms with E-state index >= 15 is 0 Å². The second-order valence-corrected chi connectivity index (χ2v) is 6.89. The van der Waals surface area contributed by atoms with Gasteiger partial charge in [-0.25, -0.2) is 4.79 Å². The van der Waals surface area contributed by atoms with Crippen LogP contribution in [0.25, 0.3) is 0 Å². The van der Waals surface area contributed by atoms with Crippen molar-refractivity contribution in [3.8, 4) is 5.75 Å². The van der Waals surface area contributed by atoms with Gasteiger partial charge in [0.1, 0.15) is 5.75 Å². The third-order valence-corrected chi connectivity index (χ3v) is 4.81. The molecule has 0 aliphatic heterocycles. The van der Waals surface area contributed by atoms with Crippen LogP contribution in [0.2, 0.25) is 0 Å². The van der Waals surface area contributed by atoms with E-state index in [4.69, 9.17) is 9.84 Å². The highest BCUT2D eigenvalue weighted by Crippen LogP contribution is 2.49. The van der Waals surface area contributed by atoms with Gasteiger partial charge < -0.3 is 15.2 Å². The lowest BCUT2D eigenvalue weighted by Crippen LogP contribution is -2.35. The molecule has 0 radical (unpaired) electrons. The smallest absolute Gasteiger partial charge is 0.341 e. The summed E-state index contributed by atoms with van der Waals surface area (Å²) in [5, 5.41) is 11.7.